The fourth-order valence-corrected chi connectivity index (χ4v) is 9.96. The van der Waals surface area contributed by atoms with E-state index in [1.54, 1.807) is 0 Å². The monoisotopic (exact) mass is 698 g/mol. The van der Waals surface area contributed by atoms with E-state index in [0.29, 0.717) is 11.8 Å². The van der Waals surface area contributed by atoms with Crippen molar-refractivity contribution in [2.75, 3.05) is 0 Å². The maximum atomic E-state index is 2.69. The molecule has 11 rings (SSSR count). The zero-order valence-electron chi connectivity index (χ0n) is 30.5. The maximum Gasteiger partial charge on any atom is 0.190 e. The van der Waals surface area contributed by atoms with Crippen LogP contribution in [0.1, 0.15) is 82.9 Å². The number of aromatic nitrogens is 2. The van der Waals surface area contributed by atoms with Crippen LogP contribution < -0.4 is 5.32 Å². The molecular formula is C51H44N3+. The molecule has 54 heavy (non-hydrogen) atoms. The van der Waals surface area contributed by atoms with Crippen molar-refractivity contribution in [3.8, 4) is 0 Å². The standard InChI is InChI=1S/C51H43N3/c1-4-14-34(15-5-1)38-24-27-40-43(35-16-6-2-7-17-35)33-51(52-46(40)32-38)54-48-23-13-11-21-42(48)45-31-37(26-29-50(45)54)36-25-28-49-44(30-36)41-20-10-12-22-47(41)53(49)39-18-8-3-9-19-39/h1-8,10-12,14-18,20-22,25-30,32-33,37-38,51-52H,9,13,19,23-24,31H2/p+1. The number of benzene rings is 4. The molecule has 1 aliphatic heterocycles. The second kappa shape index (κ2) is 12.9. The molecule has 3 nitrogen and oxygen atoms in total. The van der Waals surface area contributed by atoms with Gasteiger partial charge in [0.1, 0.15) is 5.70 Å². The predicted octanol–water partition coefficient (Wildman–Crippen LogP) is 11.3. The summed E-state index contributed by atoms with van der Waals surface area (Å²) in [5.41, 5.74) is 18.0. The summed E-state index contributed by atoms with van der Waals surface area (Å²) >= 11 is 0. The normalized spacial score (nSPS) is 21.6. The minimum atomic E-state index is 0.134. The third kappa shape index (κ3) is 5.14. The Morgan fingerprint density at radius 3 is 2.35 bits per heavy atom. The minimum Gasteiger partial charge on any atom is -0.313 e. The van der Waals surface area contributed by atoms with Crippen LogP contribution in [-0.4, -0.2) is 9.13 Å². The quantitative estimate of drug-likeness (QED) is 0.186. The van der Waals surface area contributed by atoms with E-state index in [4.69, 9.17) is 0 Å². The number of quaternary nitrogens is 1. The molecule has 0 amide bonds. The Labute approximate surface area is 317 Å². The number of fused-ring (bicyclic) bond motifs is 7. The Morgan fingerprint density at radius 2 is 1.48 bits per heavy atom. The predicted molar refractivity (Wildman–Crippen MR) is 225 cm³/mol. The summed E-state index contributed by atoms with van der Waals surface area (Å²) in [5, 5.41) is 5.24. The van der Waals surface area contributed by atoms with Crippen LogP contribution >= 0.6 is 0 Å². The second-order valence-corrected chi connectivity index (χ2v) is 15.6. The fourth-order valence-electron chi connectivity index (χ4n) is 9.96. The van der Waals surface area contributed by atoms with E-state index in [9.17, 15) is 0 Å². The lowest BCUT2D eigenvalue weighted by atomic mass is 9.82. The molecule has 0 fully saturated rings. The molecule has 3 atom stereocenters. The minimum absolute atomic E-state index is 0.134. The van der Waals surface area contributed by atoms with Gasteiger partial charge in [-0.15, -0.1) is 0 Å². The number of allylic oxidation sites excluding steroid dienone is 9. The second-order valence-electron chi connectivity index (χ2n) is 15.6. The highest BCUT2D eigenvalue weighted by Gasteiger charge is 2.36. The average molecular weight is 699 g/mol. The van der Waals surface area contributed by atoms with Crippen LogP contribution in [0.25, 0.3) is 45.2 Å². The molecule has 262 valence electrons. The largest absolute Gasteiger partial charge is 0.313 e. The summed E-state index contributed by atoms with van der Waals surface area (Å²) in [7, 11) is 0. The van der Waals surface area contributed by atoms with Crippen molar-refractivity contribution >= 4 is 45.2 Å². The molecule has 2 N–H and O–H groups in total. The lowest BCUT2D eigenvalue weighted by molar-refractivity contribution is -0.653. The Morgan fingerprint density at radius 1 is 0.667 bits per heavy atom. The first-order chi connectivity index (χ1) is 26.8. The van der Waals surface area contributed by atoms with Gasteiger partial charge in [-0.1, -0.05) is 121 Å². The molecule has 0 saturated carbocycles. The maximum absolute atomic E-state index is 2.69. The van der Waals surface area contributed by atoms with Crippen molar-refractivity contribution in [3.63, 3.8) is 0 Å². The summed E-state index contributed by atoms with van der Waals surface area (Å²) in [6.45, 7) is 0. The van der Waals surface area contributed by atoms with E-state index in [2.05, 4.69) is 178 Å². The summed E-state index contributed by atoms with van der Waals surface area (Å²) < 4.78 is 5.19. The van der Waals surface area contributed by atoms with Crippen molar-refractivity contribution < 1.29 is 5.32 Å². The first-order valence-corrected chi connectivity index (χ1v) is 19.9. The van der Waals surface area contributed by atoms with Gasteiger partial charge in [-0.2, -0.15) is 0 Å². The third-order valence-corrected chi connectivity index (χ3v) is 12.5. The van der Waals surface area contributed by atoms with E-state index in [1.165, 1.54) is 83.6 Å². The molecular weight excluding hydrogens is 655 g/mol. The SMILES string of the molecule is C1=CCCC(n2c3ccccc3c3cc(C4C=Cc5c(c6c(n5C5C=C(c7ccccc7)C7=CCC(c8ccccc8)C=C7[NH2+]5)CCC=C6)C4)ccc32)=C1. The van der Waals surface area contributed by atoms with E-state index >= 15 is 0 Å². The Bertz CT molecular complexity index is 2680. The van der Waals surface area contributed by atoms with Gasteiger partial charge in [-0.05, 0) is 108 Å². The summed E-state index contributed by atoms with van der Waals surface area (Å²) in [6, 6.07) is 38.3. The zero-order valence-corrected chi connectivity index (χ0v) is 30.5. The van der Waals surface area contributed by atoms with Crippen LogP contribution in [0.5, 0.6) is 0 Å². The van der Waals surface area contributed by atoms with Gasteiger partial charge in [-0.3, -0.25) is 9.88 Å². The molecule has 0 bridgehead atoms. The van der Waals surface area contributed by atoms with Gasteiger partial charge >= 0.3 is 0 Å². The van der Waals surface area contributed by atoms with Crippen molar-refractivity contribution in [1.29, 1.82) is 0 Å². The van der Waals surface area contributed by atoms with Crippen molar-refractivity contribution in [2.24, 2.45) is 0 Å². The van der Waals surface area contributed by atoms with Gasteiger partial charge in [0.25, 0.3) is 0 Å². The van der Waals surface area contributed by atoms with Gasteiger partial charge in [-0.25, -0.2) is 0 Å². The van der Waals surface area contributed by atoms with Crippen LogP contribution in [0.3, 0.4) is 0 Å². The molecule has 4 aliphatic carbocycles. The van der Waals surface area contributed by atoms with Crippen LogP contribution in [0.2, 0.25) is 0 Å². The Hall–Kier alpha value is -5.90. The topological polar surface area (TPSA) is 26.5 Å². The lowest BCUT2D eigenvalue weighted by Crippen LogP contribution is -2.86. The van der Waals surface area contributed by atoms with Crippen molar-refractivity contribution in [3.05, 3.63) is 202 Å². The Kier molecular flexibility index (Phi) is 7.55. The van der Waals surface area contributed by atoms with E-state index in [0.717, 1.165) is 38.5 Å². The van der Waals surface area contributed by atoms with Gasteiger partial charge < -0.3 is 4.57 Å². The Balaban J connectivity index is 1.00. The van der Waals surface area contributed by atoms with Crippen LogP contribution in [-0.2, 0) is 12.8 Å². The van der Waals surface area contributed by atoms with Crippen molar-refractivity contribution in [2.45, 2.75) is 56.5 Å². The van der Waals surface area contributed by atoms with E-state index in [-0.39, 0.29) is 6.17 Å². The van der Waals surface area contributed by atoms with E-state index in [1.807, 2.05) is 0 Å². The summed E-state index contributed by atoms with van der Waals surface area (Å²) in [6.07, 6.45) is 30.6. The molecule has 0 radical (unpaired) electrons. The number of nitrogens with zero attached hydrogens (tertiary/aromatic N) is 2. The number of para-hydroxylation sites is 1. The van der Waals surface area contributed by atoms with Crippen LogP contribution in [0.15, 0.2) is 163 Å². The fraction of sp³-hybridized carbons (Fsp3) is 0.176. The summed E-state index contributed by atoms with van der Waals surface area (Å²) in [5.74, 6) is 0.708. The lowest BCUT2D eigenvalue weighted by Gasteiger charge is -2.31. The molecule has 0 spiro atoms. The average Bonchev–Trinajstić information content (AvgIpc) is 3.76. The third-order valence-electron chi connectivity index (χ3n) is 12.5. The van der Waals surface area contributed by atoms with Gasteiger partial charge in [0.15, 0.2) is 6.17 Å². The molecule has 5 aliphatic rings. The van der Waals surface area contributed by atoms with Crippen molar-refractivity contribution in [1.82, 2.24) is 9.13 Å². The highest BCUT2D eigenvalue weighted by Crippen LogP contribution is 2.43. The molecule has 2 aromatic heterocycles. The summed E-state index contributed by atoms with van der Waals surface area (Å²) in [4.78, 5) is 0. The molecule has 3 heterocycles. The number of hydrogen-bond acceptors (Lipinski definition) is 0. The van der Waals surface area contributed by atoms with Gasteiger partial charge in [0.2, 0.25) is 0 Å². The highest BCUT2D eigenvalue weighted by atomic mass is 15.2. The highest BCUT2D eigenvalue weighted by molar-refractivity contribution is 6.10. The van der Waals surface area contributed by atoms with E-state index < -0.39 is 0 Å². The molecule has 3 unspecified atom stereocenters. The van der Waals surface area contributed by atoms with Gasteiger partial charge in [0, 0.05) is 45.6 Å². The van der Waals surface area contributed by atoms with Gasteiger partial charge in [0.05, 0.1) is 16.7 Å². The van der Waals surface area contributed by atoms with Crippen LogP contribution in [0.4, 0.5) is 0 Å². The first kappa shape index (κ1) is 31.6. The first-order valence-electron chi connectivity index (χ1n) is 19.9. The number of hydrogen-bond donors (Lipinski definition) is 1. The van der Waals surface area contributed by atoms with Crippen LogP contribution in [0, 0.1) is 0 Å². The number of nitrogens with two attached hydrogens (primary N) is 1. The molecule has 3 heteroatoms. The smallest absolute Gasteiger partial charge is 0.190 e. The zero-order chi connectivity index (χ0) is 35.6. The molecule has 0 saturated heterocycles. The number of rotatable bonds is 5. The molecule has 4 aromatic carbocycles. The molecule has 6 aromatic rings.